The fourth-order valence-corrected chi connectivity index (χ4v) is 10.3. The van der Waals surface area contributed by atoms with Crippen molar-refractivity contribution < 1.29 is 4.74 Å². The molecular formula is C55H40BrN5O. The number of H-pyrrole nitrogens is 2. The molecule has 7 heterocycles. The summed E-state index contributed by atoms with van der Waals surface area (Å²) in [4.78, 5) is 19.1. The first-order valence-corrected chi connectivity index (χ1v) is 22.0. The normalized spacial score (nSPS) is 17.6. The van der Waals surface area contributed by atoms with E-state index in [2.05, 4.69) is 213 Å². The number of fused-ring (bicyclic) bond motifs is 11. The van der Waals surface area contributed by atoms with Crippen LogP contribution in [0.2, 0.25) is 0 Å². The van der Waals surface area contributed by atoms with E-state index >= 15 is 0 Å². The Bertz CT molecular complexity index is 3260. The van der Waals surface area contributed by atoms with Crippen LogP contribution in [0.4, 0.5) is 5.69 Å². The van der Waals surface area contributed by atoms with Gasteiger partial charge in [-0.2, -0.15) is 0 Å². The van der Waals surface area contributed by atoms with E-state index in [1.807, 2.05) is 0 Å². The second-order valence-electron chi connectivity index (χ2n) is 16.3. The predicted octanol–water partition coefficient (Wildman–Crippen LogP) is 14.0. The summed E-state index contributed by atoms with van der Waals surface area (Å²) in [5, 5.41) is 4.04. The van der Waals surface area contributed by atoms with Gasteiger partial charge in [0.25, 0.3) is 0 Å². The van der Waals surface area contributed by atoms with Crippen molar-refractivity contribution in [2.45, 2.75) is 18.6 Å². The van der Waals surface area contributed by atoms with Gasteiger partial charge in [-0.3, -0.25) is 0 Å². The highest BCUT2D eigenvalue weighted by Crippen LogP contribution is 2.51. The molecule has 7 heteroatoms. The Balaban J connectivity index is 1.25. The Kier molecular flexibility index (Phi) is 8.97. The van der Waals surface area contributed by atoms with Crippen LogP contribution in [0.25, 0.3) is 90.4 Å². The first kappa shape index (κ1) is 36.8. The molecule has 5 aromatic carbocycles. The van der Waals surface area contributed by atoms with Crippen molar-refractivity contribution in [2.75, 3.05) is 11.9 Å². The summed E-state index contributed by atoms with van der Waals surface area (Å²) < 4.78 is 7.65. The molecule has 4 aliphatic heterocycles. The van der Waals surface area contributed by atoms with Gasteiger partial charge >= 0.3 is 0 Å². The van der Waals surface area contributed by atoms with E-state index in [4.69, 9.17) is 14.7 Å². The quantitative estimate of drug-likeness (QED) is 0.161. The Morgan fingerprint density at radius 1 is 0.516 bits per heavy atom. The number of halogens is 1. The van der Waals surface area contributed by atoms with Crippen molar-refractivity contribution in [3.05, 3.63) is 197 Å². The van der Waals surface area contributed by atoms with Gasteiger partial charge in [0.15, 0.2) is 0 Å². The summed E-state index contributed by atoms with van der Waals surface area (Å²) >= 11 is 3.74. The summed E-state index contributed by atoms with van der Waals surface area (Å²) in [6.07, 6.45) is 7.53. The highest BCUT2D eigenvalue weighted by molar-refractivity contribution is 9.10. The molecule has 12 rings (SSSR count). The minimum Gasteiger partial charge on any atom is -0.377 e. The largest absolute Gasteiger partial charge is 0.377 e. The van der Waals surface area contributed by atoms with Crippen LogP contribution in [0.15, 0.2) is 168 Å². The molecule has 62 heavy (non-hydrogen) atoms. The number of hydrogen-bond acceptors (Lipinski definition) is 4. The third-order valence-corrected chi connectivity index (χ3v) is 13.2. The molecule has 298 valence electrons. The van der Waals surface area contributed by atoms with E-state index in [9.17, 15) is 0 Å². The molecule has 3 aromatic heterocycles. The molecule has 0 saturated carbocycles. The summed E-state index contributed by atoms with van der Waals surface area (Å²) in [6, 6.07) is 57.7. The van der Waals surface area contributed by atoms with Crippen molar-refractivity contribution in [1.82, 2.24) is 19.9 Å². The lowest BCUT2D eigenvalue weighted by molar-refractivity contribution is 0.0872. The lowest BCUT2D eigenvalue weighted by Crippen LogP contribution is -2.36. The average Bonchev–Trinajstić information content (AvgIpc) is 4.19. The fraction of sp³-hybridized carbons (Fsp3) is 0.0909. The molecule has 4 aliphatic rings. The lowest BCUT2D eigenvalue weighted by atomic mass is 9.79. The zero-order valence-electron chi connectivity index (χ0n) is 33.6. The van der Waals surface area contributed by atoms with Gasteiger partial charge in [-0.15, -0.1) is 0 Å². The van der Waals surface area contributed by atoms with Crippen molar-refractivity contribution in [3.8, 4) is 44.5 Å². The molecule has 3 atom stereocenters. The maximum absolute atomic E-state index is 6.60. The zero-order chi connectivity index (χ0) is 41.1. The predicted molar refractivity (Wildman–Crippen MR) is 258 cm³/mol. The molecule has 1 saturated heterocycles. The van der Waals surface area contributed by atoms with Crippen molar-refractivity contribution in [3.63, 3.8) is 0 Å². The number of ether oxygens (including phenoxy) is 1. The molecule has 0 amide bonds. The molecule has 8 aromatic rings. The van der Waals surface area contributed by atoms with Crippen molar-refractivity contribution >= 4 is 67.5 Å². The van der Waals surface area contributed by atoms with E-state index in [0.717, 1.165) is 112 Å². The first-order chi connectivity index (χ1) is 30.6. The second-order valence-corrected chi connectivity index (χ2v) is 17.2. The third kappa shape index (κ3) is 6.27. The van der Waals surface area contributed by atoms with E-state index in [0.29, 0.717) is 6.61 Å². The van der Waals surface area contributed by atoms with Crippen LogP contribution in [0.1, 0.15) is 40.9 Å². The van der Waals surface area contributed by atoms with E-state index in [1.54, 1.807) is 0 Å². The topological polar surface area (TPSA) is 78.6 Å². The Labute approximate surface area is 367 Å². The monoisotopic (exact) mass is 865 g/mol. The van der Waals surface area contributed by atoms with Gasteiger partial charge in [0, 0.05) is 78.1 Å². The van der Waals surface area contributed by atoms with Gasteiger partial charge in [-0.1, -0.05) is 137 Å². The number of rotatable bonds is 5. The zero-order valence-corrected chi connectivity index (χ0v) is 35.2. The molecule has 0 spiro atoms. The summed E-state index contributed by atoms with van der Waals surface area (Å²) in [5.41, 5.74) is 19.4. The number of hydrogen-bond donors (Lipinski definition) is 3. The van der Waals surface area contributed by atoms with Crippen LogP contribution in [0, 0.1) is 5.92 Å². The van der Waals surface area contributed by atoms with Crippen LogP contribution in [0.3, 0.4) is 0 Å². The third-order valence-electron chi connectivity index (χ3n) is 12.7. The number of benzene rings is 5. The van der Waals surface area contributed by atoms with Gasteiger partial charge in [-0.05, 0) is 89.4 Å². The van der Waals surface area contributed by atoms with Crippen LogP contribution in [0.5, 0.6) is 0 Å². The highest BCUT2D eigenvalue weighted by atomic mass is 79.9. The molecule has 3 N–H and O–H groups in total. The Morgan fingerprint density at radius 3 is 1.53 bits per heavy atom. The van der Waals surface area contributed by atoms with Gasteiger partial charge in [0.1, 0.15) is 0 Å². The summed E-state index contributed by atoms with van der Waals surface area (Å²) in [5.74, 6) is 0.189. The number of nitrogens with one attached hydrogen (secondary N) is 3. The second kappa shape index (κ2) is 15.1. The number of aromatic nitrogens is 4. The molecule has 0 aliphatic carbocycles. The van der Waals surface area contributed by atoms with Gasteiger partial charge in [0.2, 0.25) is 0 Å². The van der Waals surface area contributed by atoms with Crippen LogP contribution < -0.4 is 5.32 Å². The SMILES string of the molecule is Brc1ccc2c(c1)[C@@H]1OCC[C@@H]1[C@H](C1=Cc3nc1c(-c1ccccc1)c1ccc([nH]1)c(-c1ccccc1)c1nc(c(-c4ccccc4)c4ccc([nH]4)c3-c3ccccc3)C=C1)N2. The molecule has 8 bridgehead atoms. The lowest BCUT2D eigenvalue weighted by Gasteiger charge is -2.37. The molecule has 0 unspecified atom stereocenters. The van der Waals surface area contributed by atoms with Gasteiger partial charge < -0.3 is 20.0 Å². The highest BCUT2D eigenvalue weighted by Gasteiger charge is 2.44. The minimum atomic E-state index is -0.0741. The average molecular weight is 867 g/mol. The van der Waals surface area contributed by atoms with E-state index in [1.165, 1.54) is 5.56 Å². The van der Waals surface area contributed by atoms with Crippen LogP contribution >= 0.6 is 15.9 Å². The van der Waals surface area contributed by atoms with E-state index in [-0.39, 0.29) is 18.1 Å². The van der Waals surface area contributed by atoms with Crippen molar-refractivity contribution in [2.24, 2.45) is 5.92 Å². The summed E-state index contributed by atoms with van der Waals surface area (Å²) in [7, 11) is 0. The van der Waals surface area contributed by atoms with Crippen molar-refractivity contribution in [1.29, 1.82) is 0 Å². The van der Waals surface area contributed by atoms with Crippen LogP contribution in [-0.2, 0) is 4.74 Å². The van der Waals surface area contributed by atoms with Gasteiger partial charge in [-0.25, -0.2) is 9.97 Å². The minimum absolute atomic E-state index is 0.0425. The number of anilines is 1. The number of nitrogens with zero attached hydrogens (tertiary/aromatic N) is 2. The number of aromatic amines is 2. The smallest absolute Gasteiger partial charge is 0.0897 e. The summed E-state index contributed by atoms with van der Waals surface area (Å²) in [6.45, 7) is 0.702. The standard InChI is InChI=1S/C55H40BrN5O/c56-37-21-22-41-39(31-37)55-38(29-30-62-55)53(60-41)40-32-48-51(35-17-9-3-10-18-35)46-26-25-44(58-46)49(33-13-5-1-6-14-33)42-23-24-43(57-42)50(34-15-7-2-8-16-34)45-27-28-47(59-45)52(54(40)61-48)36-19-11-4-12-20-36/h1-28,31-32,38,53,55,58-60H,29-30H2/t38-,53-,55-/m1/s1. The van der Waals surface area contributed by atoms with E-state index < -0.39 is 0 Å². The first-order valence-electron chi connectivity index (χ1n) is 21.2. The Morgan fingerprint density at radius 2 is 1.00 bits per heavy atom. The fourth-order valence-electron chi connectivity index (χ4n) is 9.93. The molecule has 0 radical (unpaired) electrons. The maximum atomic E-state index is 6.60. The Hall–Kier alpha value is -7.06. The molecule has 6 nitrogen and oxygen atoms in total. The molecular weight excluding hydrogens is 827 g/mol. The van der Waals surface area contributed by atoms with Gasteiger partial charge in [0.05, 0.1) is 34.9 Å². The molecule has 1 fully saturated rings. The van der Waals surface area contributed by atoms with Crippen LogP contribution in [-0.4, -0.2) is 32.6 Å². The maximum Gasteiger partial charge on any atom is 0.0897 e.